The van der Waals surface area contributed by atoms with Gasteiger partial charge in [-0.1, -0.05) is 30.3 Å². The minimum absolute atomic E-state index is 0.0628. The maximum absolute atomic E-state index is 13.0. The predicted octanol–water partition coefficient (Wildman–Crippen LogP) is 3.24. The molecular formula is C27H36N4O3. The van der Waals surface area contributed by atoms with E-state index < -0.39 is 6.04 Å². The van der Waals surface area contributed by atoms with E-state index in [1.54, 1.807) is 36.4 Å². The molecule has 0 heterocycles. The van der Waals surface area contributed by atoms with Gasteiger partial charge in [-0.25, -0.2) is 0 Å². The summed E-state index contributed by atoms with van der Waals surface area (Å²) in [6.07, 6.45) is 5.58. The summed E-state index contributed by atoms with van der Waals surface area (Å²) < 4.78 is 0. The van der Waals surface area contributed by atoms with Gasteiger partial charge in [-0.05, 0) is 88.2 Å². The van der Waals surface area contributed by atoms with E-state index in [-0.39, 0.29) is 23.5 Å². The van der Waals surface area contributed by atoms with Crippen molar-refractivity contribution < 1.29 is 14.4 Å². The van der Waals surface area contributed by atoms with E-state index in [2.05, 4.69) is 10.6 Å². The van der Waals surface area contributed by atoms with Crippen LogP contribution in [0.1, 0.15) is 60.9 Å². The molecule has 1 aliphatic carbocycles. The molecule has 6 N–H and O–H groups in total. The first-order chi connectivity index (χ1) is 16.5. The SMILES string of the molecule is NCCCC[C@H](NC(=O)C1CCC(CN)CC1)C(=O)Nc1ccc(C(=O)c2ccccc2)cc1. The lowest BCUT2D eigenvalue weighted by atomic mass is 9.81. The van der Waals surface area contributed by atoms with Crippen molar-refractivity contribution in [3.8, 4) is 0 Å². The minimum atomic E-state index is -0.628. The summed E-state index contributed by atoms with van der Waals surface area (Å²) in [5, 5.41) is 5.86. The number of benzene rings is 2. The average molecular weight is 465 g/mol. The zero-order chi connectivity index (χ0) is 24.3. The third kappa shape index (κ3) is 7.23. The zero-order valence-corrected chi connectivity index (χ0v) is 19.7. The predicted molar refractivity (Wildman–Crippen MR) is 134 cm³/mol. The number of anilines is 1. The van der Waals surface area contributed by atoms with Gasteiger partial charge in [-0.15, -0.1) is 0 Å². The van der Waals surface area contributed by atoms with Gasteiger partial charge in [0.1, 0.15) is 6.04 Å². The summed E-state index contributed by atoms with van der Waals surface area (Å²) >= 11 is 0. The normalized spacial score (nSPS) is 18.6. The number of rotatable bonds is 11. The summed E-state index contributed by atoms with van der Waals surface area (Å²) in [6.45, 7) is 1.20. The van der Waals surface area contributed by atoms with Gasteiger partial charge in [0.25, 0.3) is 0 Å². The highest BCUT2D eigenvalue weighted by Gasteiger charge is 2.29. The lowest BCUT2D eigenvalue weighted by Crippen LogP contribution is -2.46. The highest BCUT2D eigenvalue weighted by atomic mass is 16.2. The summed E-state index contributed by atoms with van der Waals surface area (Å²) in [6, 6.07) is 15.2. The maximum atomic E-state index is 13.0. The molecule has 2 aromatic rings. The number of hydrogen-bond acceptors (Lipinski definition) is 5. The maximum Gasteiger partial charge on any atom is 0.246 e. The number of nitrogens with one attached hydrogen (secondary N) is 2. The Bertz CT molecular complexity index is 938. The van der Waals surface area contributed by atoms with Crippen molar-refractivity contribution in [1.82, 2.24) is 5.32 Å². The fourth-order valence-electron chi connectivity index (χ4n) is 4.40. The van der Waals surface area contributed by atoms with Crippen molar-refractivity contribution >= 4 is 23.3 Å². The molecule has 0 bridgehead atoms. The Morgan fingerprint density at radius 2 is 1.50 bits per heavy atom. The van der Waals surface area contributed by atoms with Gasteiger partial charge in [0.05, 0.1) is 0 Å². The highest BCUT2D eigenvalue weighted by Crippen LogP contribution is 2.28. The number of amides is 2. The van der Waals surface area contributed by atoms with Crippen LogP contribution in [-0.4, -0.2) is 36.7 Å². The summed E-state index contributed by atoms with van der Waals surface area (Å²) in [7, 11) is 0. The second-order valence-corrected chi connectivity index (χ2v) is 9.06. The Labute approximate surface area is 201 Å². The van der Waals surface area contributed by atoms with Crippen molar-refractivity contribution in [1.29, 1.82) is 0 Å². The van der Waals surface area contributed by atoms with Crippen LogP contribution in [0.2, 0.25) is 0 Å². The smallest absolute Gasteiger partial charge is 0.246 e. The number of carbonyl (C=O) groups excluding carboxylic acids is 3. The van der Waals surface area contributed by atoms with E-state index in [1.165, 1.54) is 0 Å². The molecule has 0 saturated heterocycles. The molecule has 1 atom stereocenters. The molecule has 1 aliphatic rings. The third-order valence-electron chi connectivity index (χ3n) is 6.58. The Morgan fingerprint density at radius 1 is 0.853 bits per heavy atom. The standard InChI is InChI=1S/C27H36N4O3/c28-17-5-4-8-24(31-26(33)22-11-9-19(18-29)10-12-22)27(34)30-23-15-13-21(14-16-23)25(32)20-6-2-1-3-7-20/h1-3,6-7,13-16,19,22,24H,4-5,8-12,17-18,28-29H2,(H,30,34)(H,31,33)/t19?,22?,24-/m0/s1. The Kier molecular flexibility index (Phi) is 9.79. The Balaban J connectivity index is 1.61. The van der Waals surface area contributed by atoms with E-state index in [4.69, 9.17) is 11.5 Å². The van der Waals surface area contributed by atoms with Crippen LogP contribution >= 0.6 is 0 Å². The number of unbranched alkanes of at least 4 members (excludes halogenated alkanes) is 1. The quantitative estimate of drug-likeness (QED) is 0.300. The number of nitrogens with two attached hydrogens (primary N) is 2. The first-order valence-electron chi connectivity index (χ1n) is 12.2. The van der Waals surface area contributed by atoms with E-state index in [9.17, 15) is 14.4 Å². The molecule has 7 heteroatoms. The number of carbonyl (C=O) groups is 3. The van der Waals surface area contributed by atoms with Crippen LogP contribution in [0.5, 0.6) is 0 Å². The van der Waals surface area contributed by atoms with E-state index >= 15 is 0 Å². The lowest BCUT2D eigenvalue weighted by molar-refractivity contribution is -0.130. The molecule has 1 fully saturated rings. The van der Waals surface area contributed by atoms with Crippen LogP contribution in [0.3, 0.4) is 0 Å². The van der Waals surface area contributed by atoms with Gasteiger partial charge in [-0.2, -0.15) is 0 Å². The van der Waals surface area contributed by atoms with Crippen LogP contribution in [-0.2, 0) is 9.59 Å². The van der Waals surface area contributed by atoms with E-state index in [1.807, 2.05) is 18.2 Å². The van der Waals surface area contributed by atoms with Crippen LogP contribution in [0, 0.1) is 11.8 Å². The lowest BCUT2D eigenvalue weighted by Gasteiger charge is -2.28. The number of hydrogen-bond donors (Lipinski definition) is 4. The molecule has 0 radical (unpaired) electrons. The molecule has 0 aromatic heterocycles. The monoisotopic (exact) mass is 464 g/mol. The molecule has 3 rings (SSSR count). The van der Waals surface area contributed by atoms with Gasteiger partial charge in [0.2, 0.25) is 11.8 Å². The minimum Gasteiger partial charge on any atom is -0.344 e. The third-order valence-corrected chi connectivity index (χ3v) is 6.58. The first kappa shape index (κ1) is 25.6. The molecule has 2 amide bonds. The van der Waals surface area contributed by atoms with Crippen molar-refractivity contribution in [3.63, 3.8) is 0 Å². The number of ketones is 1. The van der Waals surface area contributed by atoms with Crippen LogP contribution < -0.4 is 22.1 Å². The molecule has 1 saturated carbocycles. The van der Waals surface area contributed by atoms with Gasteiger partial charge in [0, 0.05) is 22.7 Å². The highest BCUT2D eigenvalue weighted by molar-refractivity contribution is 6.09. The van der Waals surface area contributed by atoms with E-state index in [0.29, 0.717) is 42.2 Å². The summed E-state index contributed by atoms with van der Waals surface area (Å²) in [5.41, 5.74) is 13.1. The molecule has 0 unspecified atom stereocenters. The second kappa shape index (κ2) is 13.0. The van der Waals surface area contributed by atoms with Crippen LogP contribution in [0.25, 0.3) is 0 Å². The Hall–Kier alpha value is -3.03. The molecule has 0 spiro atoms. The van der Waals surface area contributed by atoms with Gasteiger partial charge in [-0.3, -0.25) is 14.4 Å². The molecule has 34 heavy (non-hydrogen) atoms. The topological polar surface area (TPSA) is 127 Å². The van der Waals surface area contributed by atoms with Crippen LogP contribution in [0.4, 0.5) is 5.69 Å². The Morgan fingerprint density at radius 3 is 2.12 bits per heavy atom. The van der Waals surface area contributed by atoms with E-state index in [0.717, 1.165) is 38.5 Å². The largest absolute Gasteiger partial charge is 0.344 e. The fourth-order valence-corrected chi connectivity index (χ4v) is 4.40. The molecule has 182 valence electrons. The molecular weight excluding hydrogens is 428 g/mol. The fraction of sp³-hybridized carbons (Fsp3) is 0.444. The second-order valence-electron chi connectivity index (χ2n) is 9.06. The molecule has 0 aliphatic heterocycles. The first-order valence-corrected chi connectivity index (χ1v) is 12.2. The van der Waals surface area contributed by atoms with Crippen LogP contribution in [0.15, 0.2) is 54.6 Å². The van der Waals surface area contributed by atoms with Crippen molar-refractivity contribution in [2.45, 2.75) is 51.0 Å². The van der Waals surface area contributed by atoms with Gasteiger partial charge < -0.3 is 22.1 Å². The van der Waals surface area contributed by atoms with Crippen molar-refractivity contribution in [2.24, 2.45) is 23.3 Å². The molecule has 7 nitrogen and oxygen atoms in total. The van der Waals surface area contributed by atoms with Gasteiger partial charge >= 0.3 is 0 Å². The zero-order valence-electron chi connectivity index (χ0n) is 19.7. The summed E-state index contributed by atoms with van der Waals surface area (Å²) in [4.78, 5) is 38.5. The summed E-state index contributed by atoms with van der Waals surface area (Å²) in [5.74, 6) is 0.0189. The molecule has 2 aromatic carbocycles. The van der Waals surface area contributed by atoms with Gasteiger partial charge in [0.15, 0.2) is 5.78 Å². The van der Waals surface area contributed by atoms with Crippen molar-refractivity contribution in [2.75, 3.05) is 18.4 Å². The average Bonchev–Trinajstić information content (AvgIpc) is 2.88. The van der Waals surface area contributed by atoms with Crippen molar-refractivity contribution in [3.05, 3.63) is 65.7 Å².